The first kappa shape index (κ1) is 12.9. The standard InChI is InChI=1S/C13H13N5O3/c14-8-5-3-1-2-4-6(5)10(20-13(8)17)9(15)11(21-18)7(4)12(16)19/h1-3H,14-15,17-18H2,(H2,16,19). The van der Waals surface area contributed by atoms with E-state index in [1.165, 1.54) is 0 Å². The molecule has 21 heavy (non-hydrogen) atoms. The summed E-state index contributed by atoms with van der Waals surface area (Å²) in [6, 6.07) is 5.11. The molecule has 0 aliphatic carbocycles. The lowest BCUT2D eigenvalue weighted by Crippen LogP contribution is -2.22. The lowest BCUT2D eigenvalue weighted by Gasteiger charge is -2.23. The van der Waals surface area contributed by atoms with Gasteiger partial charge in [-0.2, -0.15) is 5.90 Å². The molecule has 0 aromatic heterocycles. The van der Waals surface area contributed by atoms with E-state index in [9.17, 15) is 4.79 Å². The second-order valence-electron chi connectivity index (χ2n) is 4.54. The third-order valence-corrected chi connectivity index (χ3v) is 3.41. The van der Waals surface area contributed by atoms with Crippen LogP contribution >= 0.6 is 0 Å². The molecule has 8 heteroatoms. The van der Waals surface area contributed by atoms with E-state index in [1.54, 1.807) is 18.2 Å². The number of ether oxygens (including phenoxy) is 1. The van der Waals surface area contributed by atoms with E-state index < -0.39 is 5.91 Å². The summed E-state index contributed by atoms with van der Waals surface area (Å²) < 4.78 is 5.44. The SMILES string of the molecule is NOc1c(N)c2c3c(cccc3c1C(N)=O)C(N)=C(N)O2. The summed E-state index contributed by atoms with van der Waals surface area (Å²) in [5, 5.41) is 1.01. The average Bonchev–Trinajstić information content (AvgIpc) is 2.46. The summed E-state index contributed by atoms with van der Waals surface area (Å²) in [7, 11) is 0. The minimum Gasteiger partial charge on any atom is -0.436 e. The Morgan fingerprint density at radius 2 is 1.90 bits per heavy atom. The zero-order valence-electron chi connectivity index (χ0n) is 10.8. The Bertz CT molecular complexity index is 828. The predicted molar refractivity (Wildman–Crippen MR) is 77.6 cm³/mol. The Labute approximate surface area is 119 Å². The molecule has 0 atom stereocenters. The second kappa shape index (κ2) is 4.18. The van der Waals surface area contributed by atoms with E-state index in [4.69, 9.17) is 38.4 Å². The summed E-state index contributed by atoms with van der Waals surface area (Å²) in [5.74, 6) is 4.67. The summed E-state index contributed by atoms with van der Waals surface area (Å²) in [6.45, 7) is 0. The van der Waals surface area contributed by atoms with Crippen molar-refractivity contribution in [2.75, 3.05) is 5.73 Å². The Balaban J connectivity index is 2.57. The first-order valence-corrected chi connectivity index (χ1v) is 5.95. The van der Waals surface area contributed by atoms with Gasteiger partial charge >= 0.3 is 0 Å². The molecule has 3 rings (SSSR count). The van der Waals surface area contributed by atoms with Gasteiger partial charge in [-0.1, -0.05) is 18.2 Å². The van der Waals surface area contributed by atoms with Gasteiger partial charge in [-0.05, 0) is 0 Å². The zero-order valence-corrected chi connectivity index (χ0v) is 10.8. The molecule has 1 heterocycles. The van der Waals surface area contributed by atoms with Crippen molar-refractivity contribution in [3.63, 3.8) is 0 Å². The molecular formula is C13H13N5O3. The Morgan fingerprint density at radius 1 is 1.19 bits per heavy atom. The van der Waals surface area contributed by atoms with Gasteiger partial charge in [-0.25, -0.2) is 0 Å². The topological polar surface area (TPSA) is 166 Å². The van der Waals surface area contributed by atoms with Crippen molar-refractivity contribution in [2.24, 2.45) is 23.1 Å². The normalized spacial score (nSPS) is 13.2. The molecule has 0 spiro atoms. The van der Waals surface area contributed by atoms with Crippen LogP contribution < -0.4 is 38.4 Å². The minimum absolute atomic E-state index is 0.0106. The maximum atomic E-state index is 11.7. The molecule has 0 fully saturated rings. The summed E-state index contributed by atoms with van der Waals surface area (Å²) in [4.78, 5) is 16.5. The lowest BCUT2D eigenvalue weighted by atomic mass is 9.94. The van der Waals surface area contributed by atoms with Gasteiger partial charge in [0, 0.05) is 16.3 Å². The fraction of sp³-hybridized carbons (Fsp3) is 0. The number of primary amides is 1. The Morgan fingerprint density at radius 3 is 2.52 bits per heavy atom. The maximum absolute atomic E-state index is 11.7. The number of carbonyl (C=O) groups is 1. The van der Waals surface area contributed by atoms with Gasteiger partial charge in [0.1, 0.15) is 11.4 Å². The highest BCUT2D eigenvalue weighted by Crippen LogP contribution is 2.47. The third kappa shape index (κ3) is 1.56. The number of rotatable bonds is 2. The summed E-state index contributed by atoms with van der Waals surface area (Å²) >= 11 is 0. The van der Waals surface area contributed by atoms with Gasteiger partial charge in [-0.15, -0.1) is 0 Å². The molecule has 2 aromatic rings. The fourth-order valence-electron chi connectivity index (χ4n) is 2.50. The highest BCUT2D eigenvalue weighted by Gasteiger charge is 2.29. The van der Waals surface area contributed by atoms with Crippen LogP contribution in [0.15, 0.2) is 24.1 Å². The van der Waals surface area contributed by atoms with Gasteiger partial charge in [0.2, 0.25) is 5.88 Å². The van der Waals surface area contributed by atoms with Crippen molar-refractivity contribution in [2.45, 2.75) is 0 Å². The zero-order chi connectivity index (χ0) is 15.3. The molecule has 8 nitrogen and oxygen atoms in total. The number of carbonyl (C=O) groups excluding carboxylic acids is 1. The van der Waals surface area contributed by atoms with Gasteiger partial charge < -0.3 is 32.5 Å². The highest BCUT2D eigenvalue weighted by atomic mass is 16.6. The van der Waals surface area contributed by atoms with E-state index in [-0.39, 0.29) is 34.3 Å². The highest BCUT2D eigenvalue weighted by molar-refractivity contribution is 6.16. The monoisotopic (exact) mass is 287 g/mol. The van der Waals surface area contributed by atoms with Gasteiger partial charge in [0.05, 0.1) is 5.56 Å². The van der Waals surface area contributed by atoms with Crippen molar-refractivity contribution in [3.05, 3.63) is 35.2 Å². The molecule has 0 saturated carbocycles. The summed E-state index contributed by atoms with van der Waals surface area (Å²) in [6.07, 6.45) is 0. The molecule has 1 aliphatic rings. The second-order valence-corrected chi connectivity index (χ2v) is 4.54. The van der Waals surface area contributed by atoms with Crippen LogP contribution in [0.4, 0.5) is 5.69 Å². The Hall–Kier alpha value is -3.13. The van der Waals surface area contributed by atoms with Crippen LogP contribution in [-0.4, -0.2) is 5.91 Å². The van der Waals surface area contributed by atoms with Gasteiger partial charge in [0.25, 0.3) is 5.91 Å². The number of nitrogen functional groups attached to an aromatic ring is 1. The van der Waals surface area contributed by atoms with Crippen LogP contribution in [0.3, 0.4) is 0 Å². The summed E-state index contributed by atoms with van der Waals surface area (Å²) in [5.41, 5.74) is 24.0. The Kier molecular flexibility index (Phi) is 2.57. The van der Waals surface area contributed by atoms with E-state index >= 15 is 0 Å². The molecule has 0 radical (unpaired) electrons. The molecule has 10 N–H and O–H groups in total. The first-order chi connectivity index (χ1) is 9.97. The molecule has 1 amide bonds. The van der Waals surface area contributed by atoms with Crippen LogP contribution in [0.25, 0.3) is 16.5 Å². The molecule has 2 aromatic carbocycles. The molecule has 0 unspecified atom stereocenters. The smallest absolute Gasteiger partial charge is 0.253 e. The predicted octanol–water partition coefficient (Wildman–Crippen LogP) is -0.291. The van der Waals surface area contributed by atoms with Crippen LogP contribution in [-0.2, 0) is 0 Å². The van der Waals surface area contributed by atoms with E-state index in [0.717, 1.165) is 0 Å². The fourth-order valence-corrected chi connectivity index (χ4v) is 2.50. The number of hydrogen-bond acceptors (Lipinski definition) is 7. The molecule has 108 valence electrons. The van der Waals surface area contributed by atoms with E-state index in [1.807, 2.05) is 0 Å². The van der Waals surface area contributed by atoms with Crippen LogP contribution in [0, 0.1) is 0 Å². The van der Waals surface area contributed by atoms with Gasteiger partial charge in [-0.3, -0.25) is 4.79 Å². The molecule has 1 aliphatic heterocycles. The first-order valence-electron chi connectivity index (χ1n) is 5.95. The van der Waals surface area contributed by atoms with E-state index in [2.05, 4.69) is 0 Å². The van der Waals surface area contributed by atoms with Crippen LogP contribution in [0.2, 0.25) is 0 Å². The molecular weight excluding hydrogens is 274 g/mol. The van der Waals surface area contributed by atoms with Crippen molar-refractivity contribution >= 4 is 28.1 Å². The lowest BCUT2D eigenvalue weighted by molar-refractivity contribution is 0.0998. The largest absolute Gasteiger partial charge is 0.436 e. The molecule has 0 bridgehead atoms. The quantitative estimate of drug-likeness (QED) is 0.373. The number of benzene rings is 2. The number of nitrogens with two attached hydrogens (primary N) is 5. The van der Waals surface area contributed by atoms with E-state index in [0.29, 0.717) is 16.3 Å². The number of hydrogen-bond donors (Lipinski definition) is 5. The van der Waals surface area contributed by atoms with Gasteiger partial charge in [0.15, 0.2) is 11.5 Å². The van der Waals surface area contributed by atoms with Crippen molar-refractivity contribution in [3.8, 4) is 11.5 Å². The maximum Gasteiger partial charge on any atom is 0.253 e. The van der Waals surface area contributed by atoms with Crippen molar-refractivity contribution in [1.82, 2.24) is 0 Å². The third-order valence-electron chi connectivity index (χ3n) is 3.41. The van der Waals surface area contributed by atoms with Crippen LogP contribution in [0.5, 0.6) is 11.5 Å². The average molecular weight is 287 g/mol. The number of amides is 1. The molecule has 0 saturated heterocycles. The van der Waals surface area contributed by atoms with Crippen LogP contribution in [0.1, 0.15) is 15.9 Å². The minimum atomic E-state index is -0.730. The van der Waals surface area contributed by atoms with Crippen molar-refractivity contribution < 1.29 is 14.4 Å². The number of anilines is 1. The van der Waals surface area contributed by atoms with Crippen molar-refractivity contribution in [1.29, 1.82) is 0 Å².